The van der Waals surface area contributed by atoms with Gasteiger partial charge in [0.05, 0.1) is 6.54 Å². The van der Waals surface area contributed by atoms with E-state index in [1.807, 2.05) is 23.8 Å². The van der Waals surface area contributed by atoms with Gasteiger partial charge >= 0.3 is 0 Å². The zero-order valence-corrected chi connectivity index (χ0v) is 17.9. The molecular weight excluding hydrogens is 471 g/mol. The van der Waals surface area contributed by atoms with E-state index in [-0.39, 0.29) is 42.5 Å². The fourth-order valence-corrected chi connectivity index (χ4v) is 3.10. The number of hydrogen-bond acceptors (Lipinski definition) is 3. The van der Waals surface area contributed by atoms with E-state index in [4.69, 9.17) is 0 Å². The molecule has 2 rings (SSSR count). The van der Waals surface area contributed by atoms with Gasteiger partial charge in [-0.2, -0.15) is 11.3 Å². The Balaban J connectivity index is 0.00000338. The summed E-state index contributed by atoms with van der Waals surface area (Å²) in [7, 11) is 0. The molecule has 0 aliphatic heterocycles. The van der Waals surface area contributed by atoms with Crippen LogP contribution >= 0.6 is 35.3 Å². The minimum Gasteiger partial charge on any atom is -0.383 e. The van der Waals surface area contributed by atoms with Crippen molar-refractivity contribution in [2.45, 2.75) is 25.9 Å². The highest BCUT2D eigenvalue weighted by atomic mass is 127. The van der Waals surface area contributed by atoms with Crippen molar-refractivity contribution in [2.24, 2.45) is 4.99 Å². The molecule has 1 aromatic heterocycles. The number of rotatable bonds is 7. The Bertz CT molecular complexity index is 688. The van der Waals surface area contributed by atoms with Gasteiger partial charge in [-0.15, -0.1) is 24.0 Å². The summed E-state index contributed by atoms with van der Waals surface area (Å²) in [5, 5.41) is 20.4. The number of nitrogens with zero attached hydrogens (tertiary/aromatic N) is 1. The number of benzene rings is 1. The van der Waals surface area contributed by atoms with Crippen molar-refractivity contribution in [3.63, 3.8) is 0 Å². The van der Waals surface area contributed by atoms with E-state index in [1.165, 1.54) is 29.5 Å². The molecule has 144 valence electrons. The van der Waals surface area contributed by atoms with Gasteiger partial charge in [0.25, 0.3) is 0 Å². The average Bonchev–Trinajstić information content (AvgIpc) is 3.11. The molecule has 1 unspecified atom stereocenters. The zero-order chi connectivity index (χ0) is 18.3. The first kappa shape index (κ1) is 22.8. The summed E-state index contributed by atoms with van der Waals surface area (Å²) in [6.07, 6.45) is 0.198. The number of hydrogen-bond donors (Lipinski definition) is 3. The molecule has 1 heterocycles. The van der Waals surface area contributed by atoms with Crippen molar-refractivity contribution in [3.05, 3.63) is 57.8 Å². The molecule has 0 fully saturated rings. The molecule has 0 amide bonds. The molecule has 0 aliphatic carbocycles. The molecule has 1 aromatic carbocycles. The number of aliphatic imine (C=N–C) groups is 1. The maximum absolute atomic E-state index is 13.6. The lowest BCUT2D eigenvalue weighted by molar-refractivity contribution is 0.0677. The lowest BCUT2D eigenvalue weighted by Gasteiger charge is -2.21. The summed E-state index contributed by atoms with van der Waals surface area (Å²) in [5.74, 6) is -0.608. The third kappa shape index (κ3) is 6.48. The second-order valence-corrected chi connectivity index (χ2v) is 6.64. The van der Waals surface area contributed by atoms with Gasteiger partial charge in [-0.3, -0.25) is 0 Å². The van der Waals surface area contributed by atoms with E-state index in [0.717, 1.165) is 5.56 Å². The van der Waals surface area contributed by atoms with Gasteiger partial charge in [-0.1, -0.05) is 6.07 Å². The maximum atomic E-state index is 13.6. The third-order valence-corrected chi connectivity index (χ3v) is 4.44. The summed E-state index contributed by atoms with van der Waals surface area (Å²) in [6.45, 7) is 4.76. The Hall–Kier alpha value is -1.26. The van der Waals surface area contributed by atoms with Gasteiger partial charge in [-0.05, 0) is 54.8 Å². The van der Waals surface area contributed by atoms with Crippen molar-refractivity contribution in [3.8, 4) is 0 Å². The van der Waals surface area contributed by atoms with Crippen LogP contribution in [0.25, 0.3) is 0 Å². The number of thiophene rings is 1. The summed E-state index contributed by atoms with van der Waals surface area (Å²) < 4.78 is 27.3. The van der Waals surface area contributed by atoms with Crippen molar-refractivity contribution >= 4 is 41.3 Å². The fourth-order valence-electron chi connectivity index (χ4n) is 2.31. The van der Waals surface area contributed by atoms with Gasteiger partial charge in [0.2, 0.25) is 0 Å². The van der Waals surface area contributed by atoms with Gasteiger partial charge < -0.3 is 15.7 Å². The smallest absolute Gasteiger partial charge is 0.191 e. The Kier molecular flexibility index (Phi) is 9.45. The molecule has 0 saturated heterocycles. The molecule has 1 atom stereocenters. The Morgan fingerprint density at radius 1 is 1.23 bits per heavy atom. The minimum atomic E-state index is -1.07. The summed E-state index contributed by atoms with van der Waals surface area (Å²) >= 11 is 1.51. The Morgan fingerprint density at radius 2 is 1.92 bits per heavy atom. The van der Waals surface area contributed by atoms with Crippen LogP contribution in [0.2, 0.25) is 0 Å². The number of aliphatic hydroxyl groups is 1. The lowest BCUT2D eigenvalue weighted by Crippen LogP contribution is -2.39. The number of guanidine groups is 1. The van der Waals surface area contributed by atoms with Crippen LogP contribution in [0.4, 0.5) is 8.78 Å². The van der Waals surface area contributed by atoms with Crippen LogP contribution in [0.5, 0.6) is 0 Å². The van der Waals surface area contributed by atoms with Crippen LogP contribution in [-0.4, -0.2) is 30.7 Å². The van der Waals surface area contributed by atoms with E-state index >= 15 is 0 Å². The Morgan fingerprint density at radius 3 is 2.50 bits per heavy atom. The normalized spacial score (nSPS) is 13.7. The largest absolute Gasteiger partial charge is 0.383 e. The number of halogens is 3. The van der Waals surface area contributed by atoms with Gasteiger partial charge in [0.15, 0.2) is 5.96 Å². The van der Waals surface area contributed by atoms with Crippen molar-refractivity contribution in [2.75, 3.05) is 19.6 Å². The van der Waals surface area contributed by atoms with Crippen LogP contribution in [0.3, 0.4) is 0 Å². The summed E-state index contributed by atoms with van der Waals surface area (Å²) in [6, 6.07) is 5.70. The second kappa shape index (κ2) is 10.8. The molecule has 0 radical (unpaired) electrons. The van der Waals surface area contributed by atoms with E-state index in [1.54, 1.807) is 6.92 Å². The van der Waals surface area contributed by atoms with Crippen LogP contribution < -0.4 is 10.6 Å². The third-order valence-electron chi connectivity index (χ3n) is 3.76. The van der Waals surface area contributed by atoms with Crippen LogP contribution in [0.1, 0.15) is 25.0 Å². The quantitative estimate of drug-likeness (QED) is 0.313. The van der Waals surface area contributed by atoms with E-state index in [2.05, 4.69) is 15.6 Å². The van der Waals surface area contributed by atoms with Crippen LogP contribution in [0, 0.1) is 11.6 Å². The topological polar surface area (TPSA) is 56.7 Å². The molecule has 4 nitrogen and oxygen atoms in total. The molecule has 26 heavy (non-hydrogen) atoms. The van der Waals surface area contributed by atoms with Crippen LogP contribution in [-0.2, 0) is 12.0 Å². The standard InChI is InChI=1S/C18H23F2N3OS.HI/c1-3-21-17(23-12-18(2,24)13-8-10-25-11-13)22-9-7-14-15(19)5-4-6-16(14)20;/h4-6,8,10-11,24H,3,7,9,12H2,1-2H3,(H2,21,22,23);1H. The van der Waals surface area contributed by atoms with E-state index in [0.29, 0.717) is 19.0 Å². The van der Waals surface area contributed by atoms with Gasteiger partial charge in [-0.25, -0.2) is 13.8 Å². The SMILES string of the molecule is CCNC(=NCC(C)(O)c1ccsc1)NCCc1c(F)cccc1F.I. The average molecular weight is 495 g/mol. The monoisotopic (exact) mass is 495 g/mol. The Labute approximate surface area is 173 Å². The minimum absolute atomic E-state index is 0. The summed E-state index contributed by atoms with van der Waals surface area (Å²) in [4.78, 5) is 4.38. The van der Waals surface area contributed by atoms with Crippen LogP contribution in [0.15, 0.2) is 40.0 Å². The first-order valence-corrected chi connectivity index (χ1v) is 9.08. The van der Waals surface area contributed by atoms with Crippen molar-refractivity contribution in [1.82, 2.24) is 10.6 Å². The van der Waals surface area contributed by atoms with Gasteiger partial charge in [0.1, 0.15) is 17.2 Å². The molecular formula is C18H24F2IN3OS. The highest BCUT2D eigenvalue weighted by Crippen LogP contribution is 2.23. The summed E-state index contributed by atoms with van der Waals surface area (Å²) in [5.41, 5.74) is -0.207. The molecule has 0 spiro atoms. The first-order chi connectivity index (χ1) is 11.9. The highest BCUT2D eigenvalue weighted by Gasteiger charge is 2.23. The molecule has 2 aromatic rings. The lowest BCUT2D eigenvalue weighted by atomic mass is 10.00. The molecule has 3 N–H and O–H groups in total. The second-order valence-electron chi connectivity index (χ2n) is 5.86. The fraction of sp³-hybridized carbons (Fsp3) is 0.389. The molecule has 0 saturated carbocycles. The zero-order valence-electron chi connectivity index (χ0n) is 14.8. The number of nitrogens with one attached hydrogen (secondary N) is 2. The predicted octanol–water partition coefficient (Wildman–Crippen LogP) is 3.65. The van der Waals surface area contributed by atoms with Crippen molar-refractivity contribution < 1.29 is 13.9 Å². The maximum Gasteiger partial charge on any atom is 0.191 e. The first-order valence-electron chi connectivity index (χ1n) is 8.14. The molecule has 0 bridgehead atoms. The van der Waals surface area contributed by atoms with E-state index in [9.17, 15) is 13.9 Å². The molecule has 8 heteroatoms. The predicted molar refractivity (Wildman–Crippen MR) is 113 cm³/mol. The van der Waals surface area contributed by atoms with E-state index < -0.39 is 17.2 Å². The van der Waals surface area contributed by atoms with Gasteiger partial charge in [0, 0.05) is 18.7 Å². The van der Waals surface area contributed by atoms with Crippen molar-refractivity contribution in [1.29, 1.82) is 0 Å². The highest BCUT2D eigenvalue weighted by molar-refractivity contribution is 14.0. The molecule has 0 aliphatic rings.